The molecule has 1 aromatic carbocycles. The topological polar surface area (TPSA) is 46.5 Å². The van der Waals surface area contributed by atoms with E-state index in [0.717, 1.165) is 18.4 Å². The Labute approximate surface area is 113 Å². The van der Waals surface area contributed by atoms with Crippen LogP contribution in [-0.2, 0) is 9.53 Å². The second-order valence-corrected chi connectivity index (χ2v) is 4.74. The molecule has 19 heavy (non-hydrogen) atoms. The molecule has 1 rings (SSSR count). The molecule has 0 radical (unpaired) electrons. The number of carbonyl (C=O) groups is 1. The Hall–Kier alpha value is -1.42. The fourth-order valence-electron chi connectivity index (χ4n) is 2.09. The molecule has 1 N–H and O–H groups in total. The molecule has 2 unspecified atom stereocenters. The van der Waals surface area contributed by atoms with Crippen LogP contribution in [0.25, 0.3) is 0 Å². The quantitative estimate of drug-likeness (QED) is 0.806. The summed E-state index contributed by atoms with van der Waals surface area (Å²) < 4.78 is 18.5. The number of aryl methyl sites for hydroxylation is 1. The first-order valence-electron chi connectivity index (χ1n) is 6.53. The van der Waals surface area contributed by atoms with Crippen molar-refractivity contribution >= 4 is 5.97 Å². The van der Waals surface area contributed by atoms with Crippen LogP contribution in [0.15, 0.2) is 18.2 Å². The summed E-state index contributed by atoms with van der Waals surface area (Å²) in [6.07, 6.45) is 0.997. The van der Waals surface area contributed by atoms with Gasteiger partial charge >= 0.3 is 5.97 Å². The number of hydrogen-bond acceptors (Lipinski definition) is 3. The van der Waals surface area contributed by atoms with E-state index in [0.29, 0.717) is 6.42 Å². The second-order valence-electron chi connectivity index (χ2n) is 4.74. The molecule has 0 amide bonds. The van der Waals surface area contributed by atoms with Crippen LogP contribution >= 0.6 is 0 Å². The highest BCUT2D eigenvalue weighted by Gasteiger charge is 2.30. The van der Waals surface area contributed by atoms with Gasteiger partial charge in [0.25, 0.3) is 0 Å². The molecule has 0 aliphatic heterocycles. The standard InChI is InChI=1S/C15H21FO3/c1-4-5-6-11(15(18)19-3)14(17)12-9-10(2)7-8-13(12)16/h7-9,11,14,17H,4-6H2,1-3H3. The summed E-state index contributed by atoms with van der Waals surface area (Å²) in [5.74, 6) is -1.72. The zero-order valence-corrected chi connectivity index (χ0v) is 11.6. The molecule has 1 aromatic rings. The fourth-order valence-corrected chi connectivity index (χ4v) is 2.09. The third-order valence-corrected chi connectivity index (χ3v) is 3.22. The Morgan fingerprint density at radius 3 is 2.74 bits per heavy atom. The average Bonchev–Trinajstić information content (AvgIpc) is 2.41. The van der Waals surface area contributed by atoms with Gasteiger partial charge < -0.3 is 9.84 Å². The van der Waals surface area contributed by atoms with Crippen molar-refractivity contribution in [3.05, 3.63) is 35.1 Å². The van der Waals surface area contributed by atoms with Gasteiger partial charge in [-0.05, 0) is 19.4 Å². The maximum Gasteiger partial charge on any atom is 0.311 e. The summed E-state index contributed by atoms with van der Waals surface area (Å²) in [7, 11) is 1.28. The highest BCUT2D eigenvalue weighted by Crippen LogP contribution is 2.29. The lowest BCUT2D eigenvalue weighted by atomic mass is 9.90. The summed E-state index contributed by atoms with van der Waals surface area (Å²) in [5.41, 5.74) is 1.00. The molecule has 0 aliphatic rings. The van der Waals surface area contributed by atoms with Crippen LogP contribution in [0.3, 0.4) is 0 Å². The van der Waals surface area contributed by atoms with Gasteiger partial charge in [0.15, 0.2) is 0 Å². The van der Waals surface area contributed by atoms with Gasteiger partial charge in [-0.15, -0.1) is 0 Å². The molecule has 0 saturated carbocycles. The predicted molar refractivity (Wildman–Crippen MR) is 71.1 cm³/mol. The van der Waals surface area contributed by atoms with Gasteiger partial charge in [0.1, 0.15) is 5.82 Å². The predicted octanol–water partition coefficient (Wildman–Crippen LogP) is 3.15. The minimum absolute atomic E-state index is 0.159. The van der Waals surface area contributed by atoms with Crippen LogP contribution in [0.1, 0.15) is 43.4 Å². The maximum absolute atomic E-state index is 13.8. The van der Waals surface area contributed by atoms with Gasteiger partial charge in [-0.1, -0.05) is 37.5 Å². The zero-order chi connectivity index (χ0) is 14.4. The highest BCUT2D eigenvalue weighted by atomic mass is 19.1. The number of aliphatic hydroxyl groups is 1. The van der Waals surface area contributed by atoms with Crippen LogP contribution in [0.2, 0.25) is 0 Å². The molecule has 0 heterocycles. The van der Waals surface area contributed by atoms with Crippen LogP contribution in [-0.4, -0.2) is 18.2 Å². The number of benzene rings is 1. The first-order chi connectivity index (χ1) is 9.01. The molecule has 0 aliphatic carbocycles. The number of methoxy groups -OCH3 is 1. The van der Waals surface area contributed by atoms with Crippen LogP contribution in [0, 0.1) is 18.7 Å². The van der Waals surface area contributed by atoms with E-state index in [-0.39, 0.29) is 5.56 Å². The Morgan fingerprint density at radius 2 is 2.16 bits per heavy atom. The number of esters is 1. The van der Waals surface area contributed by atoms with E-state index in [1.165, 1.54) is 13.2 Å². The van der Waals surface area contributed by atoms with Gasteiger partial charge in [0, 0.05) is 5.56 Å². The SMILES string of the molecule is CCCCC(C(=O)OC)C(O)c1cc(C)ccc1F. The van der Waals surface area contributed by atoms with E-state index in [1.54, 1.807) is 12.1 Å². The largest absolute Gasteiger partial charge is 0.469 e. The Balaban J connectivity index is 3.00. The average molecular weight is 268 g/mol. The normalized spacial score (nSPS) is 13.9. The number of hydrogen-bond donors (Lipinski definition) is 1. The summed E-state index contributed by atoms with van der Waals surface area (Å²) in [6, 6.07) is 4.51. The molecule has 2 atom stereocenters. The molecule has 0 aromatic heterocycles. The number of rotatable bonds is 6. The van der Waals surface area contributed by atoms with Crippen LogP contribution in [0.4, 0.5) is 4.39 Å². The van der Waals surface area contributed by atoms with Crippen molar-refractivity contribution in [3.8, 4) is 0 Å². The molecule has 106 valence electrons. The maximum atomic E-state index is 13.8. The van der Waals surface area contributed by atoms with E-state index in [2.05, 4.69) is 0 Å². The Bertz CT molecular complexity index is 431. The fraction of sp³-hybridized carbons (Fsp3) is 0.533. The van der Waals surface area contributed by atoms with E-state index < -0.39 is 23.8 Å². The third-order valence-electron chi connectivity index (χ3n) is 3.22. The highest BCUT2D eigenvalue weighted by molar-refractivity contribution is 5.73. The van der Waals surface area contributed by atoms with Crippen molar-refractivity contribution in [2.75, 3.05) is 7.11 Å². The number of aliphatic hydroxyl groups excluding tert-OH is 1. The molecule has 0 saturated heterocycles. The molecule has 0 fully saturated rings. The van der Waals surface area contributed by atoms with Crippen molar-refractivity contribution in [3.63, 3.8) is 0 Å². The molecule has 0 spiro atoms. The molecule has 3 nitrogen and oxygen atoms in total. The molecule has 0 bridgehead atoms. The van der Waals surface area contributed by atoms with Crippen molar-refractivity contribution < 1.29 is 19.0 Å². The summed E-state index contributed by atoms with van der Waals surface area (Å²) >= 11 is 0. The van der Waals surface area contributed by atoms with E-state index in [4.69, 9.17) is 4.74 Å². The Kier molecular flexibility index (Phi) is 5.96. The van der Waals surface area contributed by atoms with Crippen LogP contribution in [0.5, 0.6) is 0 Å². The van der Waals surface area contributed by atoms with Crippen molar-refractivity contribution in [1.82, 2.24) is 0 Å². The van der Waals surface area contributed by atoms with Crippen LogP contribution < -0.4 is 0 Å². The van der Waals surface area contributed by atoms with Gasteiger partial charge in [-0.2, -0.15) is 0 Å². The van der Waals surface area contributed by atoms with Crippen molar-refractivity contribution in [2.45, 2.75) is 39.2 Å². The van der Waals surface area contributed by atoms with Gasteiger partial charge in [0.2, 0.25) is 0 Å². The van der Waals surface area contributed by atoms with E-state index >= 15 is 0 Å². The summed E-state index contributed by atoms with van der Waals surface area (Å²) in [5, 5.41) is 10.3. The zero-order valence-electron chi connectivity index (χ0n) is 11.6. The molecular weight excluding hydrogens is 247 g/mol. The van der Waals surface area contributed by atoms with Crippen molar-refractivity contribution in [1.29, 1.82) is 0 Å². The minimum Gasteiger partial charge on any atom is -0.469 e. The minimum atomic E-state index is -1.17. The van der Waals surface area contributed by atoms with Gasteiger partial charge in [-0.3, -0.25) is 4.79 Å². The van der Waals surface area contributed by atoms with Gasteiger partial charge in [-0.25, -0.2) is 4.39 Å². The first-order valence-corrected chi connectivity index (χ1v) is 6.53. The Morgan fingerprint density at radius 1 is 1.47 bits per heavy atom. The third kappa shape index (κ3) is 4.03. The lowest BCUT2D eigenvalue weighted by molar-refractivity contribution is -0.150. The van der Waals surface area contributed by atoms with Gasteiger partial charge in [0.05, 0.1) is 19.1 Å². The number of carbonyl (C=O) groups excluding carboxylic acids is 1. The lowest BCUT2D eigenvalue weighted by Gasteiger charge is -2.21. The monoisotopic (exact) mass is 268 g/mol. The number of unbranched alkanes of at least 4 members (excludes halogenated alkanes) is 1. The van der Waals surface area contributed by atoms with E-state index in [9.17, 15) is 14.3 Å². The molecule has 4 heteroatoms. The first kappa shape index (κ1) is 15.6. The smallest absolute Gasteiger partial charge is 0.311 e. The number of halogens is 1. The lowest BCUT2D eigenvalue weighted by Crippen LogP contribution is -2.24. The van der Waals surface area contributed by atoms with E-state index in [1.807, 2.05) is 13.8 Å². The summed E-state index contributed by atoms with van der Waals surface area (Å²) in [6.45, 7) is 3.81. The van der Waals surface area contributed by atoms with Crippen molar-refractivity contribution in [2.24, 2.45) is 5.92 Å². The molecular formula is C15H21FO3. The second kappa shape index (κ2) is 7.24. The summed E-state index contributed by atoms with van der Waals surface area (Å²) in [4.78, 5) is 11.7. The number of ether oxygens (including phenoxy) is 1.